The molecule has 202 valence electrons. The van der Waals surface area contributed by atoms with Crippen molar-refractivity contribution >= 4 is 38.9 Å². The number of Topliss-reactive ketones (excluding diaryl/α,β-unsaturated/α-hetero) is 1. The first-order chi connectivity index (χ1) is 17.7. The number of aliphatic hydroxyl groups excluding tert-OH is 2. The third kappa shape index (κ3) is 5.19. The van der Waals surface area contributed by atoms with Crippen LogP contribution in [0.2, 0.25) is 0 Å². The van der Waals surface area contributed by atoms with Gasteiger partial charge in [-0.05, 0) is 31.4 Å². The number of aliphatic carboxylic acids is 1. The fraction of sp³-hybridized carbons (Fsp3) is 0.360. The van der Waals surface area contributed by atoms with Gasteiger partial charge in [0.1, 0.15) is 33.9 Å². The number of allylic oxidation sites excluding steroid dienone is 4. The van der Waals surface area contributed by atoms with Crippen molar-refractivity contribution in [2.24, 2.45) is 5.92 Å². The quantitative estimate of drug-likeness (QED) is 0.247. The number of aliphatic hydroxyl groups is 3. The van der Waals surface area contributed by atoms with E-state index in [0.29, 0.717) is 10.8 Å². The number of ketones is 1. The average Bonchev–Trinajstić information content (AvgIpc) is 3.47. The number of carbonyl (C=O) groups is 2. The van der Waals surface area contributed by atoms with Crippen LogP contribution in [0.3, 0.4) is 0 Å². The Kier molecular flexibility index (Phi) is 7.41. The molecule has 2 aliphatic rings. The number of nitrogen functional groups attached to an aromatic ring is 1. The predicted molar refractivity (Wildman–Crippen MR) is 139 cm³/mol. The van der Waals surface area contributed by atoms with Gasteiger partial charge in [0.15, 0.2) is 5.78 Å². The number of anilines is 1. The second-order valence-corrected chi connectivity index (χ2v) is 12.5. The summed E-state index contributed by atoms with van der Waals surface area (Å²) in [6.45, 7) is 3.24. The molecular formula is C25H27N3O8S2. The Morgan fingerprint density at radius 2 is 2.05 bits per heavy atom. The van der Waals surface area contributed by atoms with Gasteiger partial charge in [-0.3, -0.25) is 9.59 Å². The Morgan fingerprint density at radius 3 is 2.68 bits per heavy atom. The van der Waals surface area contributed by atoms with Gasteiger partial charge in [-0.25, -0.2) is 8.42 Å². The van der Waals surface area contributed by atoms with Crippen molar-refractivity contribution in [1.29, 1.82) is 0 Å². The first-order valence-electron chi connectivity index (χ1n) is 11.6. The number of hydrogen-bond donors (Lipinski definition) is 7. The second-order valence-electron chi connectivity index (χ2n) is 9.49. The van der Waals surface area contributed by atoms with Gasteiger partial charge in [-0.1, -0.05) is 37.0 Å². The molecule has 11 nitrogen and oxygen atoms in total. The van der Waals surface area contributed by atoms with Gasteiger partial charge in [0.2, 0.25) is 0 Å². The van der Waals surface area contributed by atoms with Crippen LogP contribution in [0.25, 0.3) is 0 Å². The van der Waals surface area contributed by atoms with E-state index in [0.717, 1.165) is 30.3 Å². The Morgan fingerprint density at radius 1 is 1.34 bits per heavy atom. The lowest BCUT2D eigenvalue weighted by molar-refractivity contribution is -0.138. The fourth-order valence-corrected chi connectivity index (χ4v) is 6.65. The molecule has 0 radical (unpaired) electrons. The molecule has 0 saturated heterocycles. The van der Waals surface area contributed by atoms with E-state index in [1.54, 1.807) is 0 Å². The molecule has 0 aliphatic heterocycles. The summed E-state index contributed by atoms with van der Waals surface area (Å²) in [5, 5.41) is 40.6. The van der Waals surface area contributed by atoms with Crippen LogP contribution in [0.5, 0.6) is 0 Å². The number of carboxylic acid groups (broad SMARTS) is 1. The van der Waals surface area contributed by atoms with Crippen molar-refractivity contribution in [2.45, 2.75) is 54.7 Å². The zero-order valence-corrected chi connectivity index (χ0v) is 22.1. The minimum atomic E-state index is -4.31. The zero-order chi connectivity index (χ0) is 28.0. The van der Waals surface area contributed by atoms with E-state index in [1.807, 2.05) is 18.2 Å². The number of sulfonamides is 1. The van der Waals surface area contributed by atoms with Crippen LogP contribution < -0.4 is 10.5 Å². The Balaban J connectivity index is 1.58. The largest absolute Gasteiger partial charge is 0.480 e. The van der Waals surface area contributed by atoms with Crippen LogP contribution in [0, 0.1) is 17.8 Å². The molecule has 0 bridgehead atoms. The lowest BCUT2D eigenvalue weighted by Gasteiger charge is -2.36. The molecule has 0 amide bonds. The highest BCUT2D eigenvalue weighted by Gasteiger charge is 2.50. The molecule has 2 aromatic rings. The van der Waals surface area contributed by atoms with Crippen molar-refractivity contribution in [1.82, 2.24) is 9.71 Å². The lowest BCUT2D eigenvalue weighted by Crippen LogP contribution is -2.53. The summed E-state index contributed by atoms with van der Waals surface area (Å²) in [4.78, 5) is 27.7. The van der Waals surface area contributed by atoms with Crippen molar-refractivity contribution in [3.05, 3.63) is 57.6 Å². The number of aromatic amines is 1. The van der Waals surface area contributed by atoms with Gasteiger partial charge in [0, 0.05) is 23.1 Å². The Hall–Kier alpha value is -3.25. The third-order valence-corrected chi connectivity index (χ3v) is 9.49. The van der Waals surface area contributed by atoms with E-state index in [9.17, 15) is 38.4 Å². The van der Waals surface area contributed by atoms with Crippen molar-refractivity contribution in [3.8, 4) is 11.8 Å². The van der Waals surface area contributed by atoms with E-state index in [4.69, 9.17) is 5.73 Å². The fourth-order valence-electron chi connectivity index (χ4n) is 4.28. The number of nitrogens with two attached hydrogens (primary N) is 1. The normalized spacial score (nSPS) is 25.8. The molecule has 0 aromatic carbocycles. The first kappa shape index (κ1) is 27.8. The molecule has 13 heteroatoms. The highest BCUT2D eigenvalue weighted by molar-refractivity contribution is 7.91. The summed E-state index contributed by atoms with van der Waals surface area (Å²) in [6.07, 6.45) is 2.39. The van der Waals surface area contributed by atoms with Crippen LogP contribution >= 0.6 is 11.3 Å². The summed E-state index contributed by atoms with van der Waals surface area (Å²) < 4.78 is 28.0. The van der Waals surface area contributed by atoms with Crippen LogP contribution in [0.4, 0.5) is 5.82 Å². The van der Waals surface area contributed by atoms with E-state index in [1.165, 1.54) is 12.1 Å². The number of nitrogens with one attached hydrogen (secondary N) is 2. The summed E-state index contributed by atoms with van der Waals surface area (Å²) in [5.74, 6) is 3.60. The zero-order valence-electron chi connectivity index (χ0n) is 20.4. The molecular weight excluding hydrogens is 534 g/mol. The van der Waals surface area contributed by atoms with Crippen molar-refractivity contribution in [3.63, 3.8) is 0 Å². The standard InChI is InChI=1S/C25H27N3O8S2/c1-12-3-5-13(6-4-12)7-8-14-9-10-17(37-14)38(35,36)28-16(24(32)33)11-15-18-19(29)20(30)22(31)25(2,34)21(18)27-23(15)26/h3,5-6,9-10,12,16,20,22,27-28,30-31,34H,4,11,26H2,1-2H3,(H,32,33). The maximum atomic E-state index is 13.0. The van der Waals surface area contributed by atoms with Crippen LogP contribution in [-0.4, -0.2) is 63.8 Å². The molecule has 2 aromatic heterocycles. The number of fused-ring (bicyclic) bond motifs is 1. The summed E-state index contributed by atoms with van der Waals surface area (Å²) in [6, 6.07) is 1.08. The average molecular weight is 562 g/mol. The van der Waals surface area contributed by atoms with Gasteiger partial charge < -0.3 is 31.1 Å². The second kappa shape index (κ2) is 10.1. The number of thiophene rings is 1. The van der Waals surface area contributed by atoms with Crippen molar-refractivity contribution in [2.75, 3.05) is 5.73 Å². The minimum Gasteiger partial charge on any atom is -0.480 e. The van der Waals surface area contributed by atoms with Gasteiger partial charge in [0.05, 0.1) is 10.6 Å². The number of rotatable bonds is 6. The van der Waals surface area contributed by atoms with Crippen molar-refractivity contribution < 1.29 is 38.4 Å². The smallest absolute Gasteiger partial charge is 0.322 e. The molecule has 8 N–H and O–H groups in total. The number of carbonyl (C=O) groups excluding carboxylic acids is 1. The van der Waals surface area contributed by atoms with Gasteiger partial charge in [0.25, 0.3) is 10.0 Å². The molecule has 2 heterocycles. The monoisotopic (exact) mass is 561 g/mol. The Labute approximate surface area is 222 Å². The number of hydrogen-bond acceptors (Lipinski definition) is 9. The van der Waals surface area contributed by atoms with Crippen LogP contribution in [0.1, 0.15) is 46.8 Å². The molecule has 0 saturated carbocycles. The number of H-pyrrole nitrogens is 1. The number of carboxylic acids is 1. The first-order valence-corrected chi connectivity index (χ1v) is 13.9. The van der Waals surface area contributed by atoms with E-state index in [2.05, 4.69) is 28.5 Å². The van der Waals surface area contributed by atoms with E-state index < -0.39 is 52.0 Å². The van der Waals surface area contributed by atoms with Crippen LogP contribution in [0.15, 0.2) is 40.1 Å². The van der Waals surface area contributed by atoms with Crippen LogP contribution in [-0.2, 0) is 26.8 Å². The van der Waals surface area contributed by atoms with E-state index >= 15 is 0 Å². The highest BCUT2D eigenvalue weighted by atomic mass is 32.2. The third-order valence-electron chi connectivity index (χ3n) is 6.53. The molecule has 2 aliphatic carbocycles. The number of aromatic nitrogens is 1. The molecule has 5 atom stereocenters. The van der Waals surface area contributed by atoms with Gasteiger partial charge in [-0.2, -0.15) is 4.72 Å². The maximum Gasteiger partial charge on any atom is 0.322 e. The minimum absolute atomic E-state index is 0.104. The highest BCUT2D eigenvalue weighted by Crippen LogP contribution is 2.39. The SMILES string of the molecule is CC1C=CC(C#Cc2ccc(S(=O)(=O)NC(Cc3c(N)[nH]c4c3C(=O)C(O)C(O)C4(C)O)C(=O)O)s2)=CC1. The molecule has 0 spiro atoms. The summed E-state index contributed by atoms with van der Waals surface area (Å²) in [7, 11) is -4.31. The summed E-state index contributed by atoms with van der Waals surface area (Å²) >= 11 is 0.870. The Bertz CT molecular complexity index is 1520. The van der Waals surface area contributed by atoms with E-state index in [-0.39, 0.29) is 26.8 Å². The predicted octanol–water partition coefficient (Wildman–Crippen LogP) is 0.632. The molecule has 5 unspecified atom stereocenters. The van der Waals surface area contributed by atoms with Gasteiger partial charge >= 0.3 is 5.97 Å². The maximum absolute atomic E-state index is 13.0. The molecule has 4 rings (SSSR count). The lowest BCUT2D eigenvalue weighted by atomic mass is 9.78. The van der Waals surface area contributed by atoms with Gasteiger partial charge in [-0.15, -0.1) is 11.3 Å². The topological polar surface area (TPSA) is 203 Å². The molecule has 0 fully saturated rings. The summed E-state index contributed by atoms with van der Waals surface area (Å²) in [5.41, 5.74) is 4.09. The molecule has 38 heavy (non-hydrogen) atoms.